The minimum atomic E-state index is 0.118. The number of oxime groups is 1. The van der Waals surface area contributed by atoms with Crippen molar-refractivity contribution in [2.75, 3.05) is 13.1 Å². The summed E-state index contributed by atoms with van der Waals surface area (Å²) in [6.07, 6.45) is 3.34. The van der Waals surface area contributed by atoms with Crippen molar-refractivity contribution in [1.82, 2.24) is 4.90 Å². The number of amidine groups is 1. The number of nitrogens with two attached hydrogens (primary N) is 1. The van der Waals surface area contributed by atoms with Crippen LogP contribution in [0.2, 0.25) is 0 Å². The Morgan fingerprint density at radius 3 is 2.57 bits per heavy atom. The predicted molar refractivity (Wildman–Crippen MR) is 57.5 cm³/mol. The van der Waals surface area contributed by atoms with Crippen LogP contribution in [-0.4, -0.2) is 35.1 Å². The Labute approximate surface area is 85.8 Å². The van der Waals surface area contributed by atoms with E-state index in [1.54, 1.807) is 0 Å². The second kappa shape index (κ2) is 5.20. The van der Waals surface area contributed by atoms with Gasteiger partial charge >= 0.3 is 0 Å². The minimum absolute atomic E-state index is 0.118. The fraction of sp³-hybridized carbons (Fsp3) is 0.900. The molecular formula is C10H21N3O. The van der Waals surface area contributed by atoms with Gasteiger partial charge < -0.3 is 10.9 Å². The molecule has 0 aromatic carbocycles. The highest BCUT2D eigenvalue weighted by Crippen LogP contribution is 2.19. The molecule has 1 heterocycles. The highest BCUT2D eigenvalue weighted by molar-refractivity contribution is 5.85. The molecule has 14 heavy (non-hydrogen) atoms. The first-order valence-electron chi connectivity index (χ1n) is 5.40. The largest absolute Gasteiger partial charge is 0.409 e. The fourth-order valence-electron chi connectivity index (χ4n) is 2.06. The molecular weight excluding hydrogens is 178 g/mol. The van der Waals surface area contributed by atoms with Crippen LogP contribution in [0.15, 0.2) is 5.16 Å². The van der Waals surface area contributed by atoms with E-state index in [1.807, 2.05) is 0 Å². The van der Waals surface area contributed by atoms with Gasteiger partial charge in [-0.3, -0.25) is 4.90 Å². The van der Waals surface area contributed by atoms with Crippen molar-refractivity contribution in [3.63, 3.8) is 0 Å². The average molecular weight is 199 g/mol. The summed E-state index contributed by atoms with van der Waals surface area (Å²) >= 11 is 0. The van der Waals surface area contributed by atoms with Crippen molar-refractivity contribution in [3.05, 3.63) is 0 Å². The third-order valence-corrected chi connectivity index (χ3v) is 3.10. The number of rotatable bonds is 3. The summed E-state index contributed by atoms with van der Waals surface area (Å²) in [7, 11) is 0. The van der Waals surface area contributed by atoms with Gasteiger partial charge in [-0.2, -0.15) is 0 Å². The Morgan fingerprint density at radius 2 is 2.14 bits per heavy atom. The molecule has 1 rings (SSSR count). The second-order valence-electron chi connectivity index (χ2n) is 4.17. The van der Waals surface area contributed by atoms with Gasteiger partial charge in [0.05, 0.1) is 6.04 Å². The van der Waals surface area contributed by atoms with Gasteiger partial charge in [0.1, 0.15) is 0 Å². The van der Waals surface area contributed by atoms with Gasteiger partial charge in [-0.1, -0.05) is 19.0 Å². The summed E-state index contributed by atoms with van der Waals surface area (Å²) in [5.74, 6) is 1.16. The molecule has 0 spiro atoms. The maximum Gasteiger partial charge on any atom is 0.156 e. The lowest BCUT2D eigenvalue weighted by molar-refractivity contribution is 0.163. The zero-order valence-corrected chi connectivity index (χ0v) is 9.11. The van der Waals surface area contributed by atoms with Gasteiger partial charge in [0, 0.05) is 0 Å². The van der Waals surface area contributed by atoms with Crippen molar-refractivity contribution in [2.24, 2.45) is 16.8 Å². The van der Waals surface area contributed by atoms with Crippen LogP contribution in [0.5, 0.6) is 0 Å². The zero-order chi connectivity index (χ0) is 10.6. The number of piperidine rings is 1. The van der Waals surface area contributed by atoms with E-state index in [-0.39, 0.29) is 6.04 Å². The first-order chi connectivity index (χ1) is 6.69. The number of nitrogens with zero attached hydrogens (tertiary/aromatic N) is 2. The number of hydrogen-bond acceptors (Lipinski definition) is 3. The SMILES string of the molecule is CCC(C(N)=NO)N1CCC(C)CC1. The van der Waals surface area contributed by atoms with Gasteiger partial charge in [0.15, 0.2) is 5.84 Å². The Bertz CT molecular complexity index is 198. The van der Waals surface area contributed by atoms with Crippen LogP contribution in [0.25, 0.3) is 0 Å². The molecule has 1 aliphatic rings. The Morgan fingerprint density at radius 1 is 1.57 bits per heavy atom. The summed E-state index contributed by atoms with van der Waals surface area (Å²) in [5.41, 5.74) is 5.65. The molecule has 0 aliphatic carbocycles. The van der Waals surface area contributed by atoms with Crippen LogP contribution in [0.1, 0.15) is 33.1 Å². The van der Waals surface area contributed by atoms with Gasteiger partial charge in [-0.25, -0.2) is 0 Å². The van der Waals surface area contributed by atoms with Crippen molar-refractivity contribution in [3.8, 4) is 0 Å². The second-order valence-corrected chi connectivity index (χ2v) is 4.17. The summed E-state index contributed by atoms with van der Waals surface area (Å²) in [5, 5.41) is 11.8. The molecule has 0 aromatic rings. The van der Waals surface area contributed by atoms with E-state index in [0.29, 0.717) is 5.84 Å². The first kappa shape index (κ1) is 11.3. The molecule has 4 heteroatoms. The Balaban J connectivity index is 2.53. The minimum Gasteiger partial charge on any atom is -0.409 e. The van der Waals surface area contributed by atoms with Crippen LogP contribution >= 0.6 is 0 Å². The fourth-order valence-corrected chi connectivity index (χ4v) is 2.06. The molecule has 4 nitrogen and oxygen atoms in total. The molecule has 0 radical (unpaired) electrons. The molecule has 1 fully saturated rings. The van der Waals surface area contributed by atoms with Crippen LogP contribution in [0.4, 0.5) is 0 Å². The lowest BCUT2D eigenvalue weighted by Gasteiger charge is -2.35. The predicted octanol–water partition coefficient (Wildman–Crippen LogP) is 1.24. The molecule has 0 saturated carbocycles. The summed E-state index contributed by atoms with van der Waals surface area (Å²) in [6.45, 7) is 6.48. The lowest BCUT2D eigenvalue weighted by Crippen LogP contribution is -2.47. The van der Waals surface area contributed by atoms with Gasteiger partial charge in [0.25, 0.3) is 0 Å². The van der Waals surface area contributed by atoms with Crippen LogP contribution in [-0.2, 0) is 0 Å². The summed E-state index contributed by atoms with van der Waals surface area (Å²) in [6, 6.07) is 0.118. The van der Waals surface area contributed by atoms with E-state index in [4.69, 9.17) is 10.9 Å². The number of hydrogen-bond donors (Lipinski definition) is 2. The van der Waals surface area contributed by atoms with Crippen LogP contribution in [0, 0.1) is 5.92 Å². The zero-order valence-electron chi connectivity index (χ0n) is 9.11. The molecule has 1 saturated heterocycles. The standard InChI is InChI=1S/C10H21N3O/c1-3-9(10(11)12-14)13-6-4-8(2)5-7-13/h8-9,14H,3-7H2,1-2H3,(H2,11,12). The van der Waals surface area contributed by atoms with E-state index in [2.05, 4.69) is 23.9 Å². The van der Waals surface area contributed by atoms with Crippen molar-refractivity contribution in [1.29, 1.82) is 0 Å². The van der Waals surface area contributed by atoms with Crippen LogP contribution in [0.3, 0.4) is 0 Å². The molecule has 0 bridgehead atoms. The third kappa shape index (κ3) is 2.61. The molecule has 82 valence electrons. The monoisotopic (exact) mass is 199 g/mol. The third-order valence-electron chi connectivity index (χ3n) is 3.10. The molecule has 1 unspecified atom stereocenters. The summed E-state index contributed by atoms with van der Waals surface area (Å²) < 4.78 is 0. The highest BCUT2D eigenvalue weighted by atomic mass is 16.4. The maximum absolute atomic E-state index is 8.66. The first-order valence-corrected chi connectivity index (χ1v) is 5.40. The highest BCUT2D eigenvalue weighted by Gasteiger charge is 2.24. The Hall–Kier alpha value is -0.770. The van der Waals surface area contributed by atoms with Crippen molar-refractivity contribution in [2.45, 2.75) is 39.2 Å². The smallest absolute Gasteiger partial charge is 0.156 e. The summed E-state index contributed by atoms with van der Waals surface area (Å²) in [4.78, 5) is 2.31. The molecule has 1 atom stereocenters. The van der Waals surface area contributed by atoms with Crippen molar-refractivity contribution < 1.29 is 5.21 Å². The topological polar surface area (TPSA) is 61.9 Å². The van der Waals surface area contributed by atoms with E-state index in [9.17, 15) is 0 Å². The van der Waals surface area contributed by atoms with E-state index < -0.39 is 0 Å². The lowest BCUT2D eigenvalue weighted by atomic mass is 9.97. The quantitative estimate of drug-likeness (QED) is 0.311. The van der Waals surface area contributed by atoms with Gasteiger partial charge in [-0.05, 0) is 38.3 Å². The van der Waals surface area contributed by atoms with Crippen LogP contribution < -0.4 is 5.73 Å². The van der Waals surface area contributed by atoms with E-state index in [1.165, 1.54) is 12.8 Å². The maximum atomic E-state index is 8.66. The van der Waals surface area contributed by atoms with Crippen molar-refractivity contribution >= 4 is 5.84 Å². The Kier molecular flexibility index (Phi) is 4.20. The molecule has 0 amide bonds. The molecule has 1 aliphatic heterocycles. The average Bonchev–Trinajstić information content (AvgIpc) is 2.21. The van der Waals surface area contributed by atoms with E-state index in [0.717, 1.165) is 25.4 Å². The van der Waals surface area contributed by atoms with Gasteiger partial charge in [0.2, 0.25) is 0 Å². The molecule has 3 N–H and O–H groups in total. The number of likely N-dealkylation sites (tertiary alicyclic amines) is 1. The molecule has 0 aromatic heterocycles. The van der Waals surface area contributed by atoms with Gasteiger partial charge in [-0.15, -0.1) is 0 Å². The van der Waals surface area contributed by atoms with E-state index >= 15 is 0 Å². The normalized spacial score (nSPS) is 23.7.